The highest BCUT2D eigenvalue weighted by molar-refractivity contribution is 9.10. The summed E-state index contributed by atoms with van der Waals surface area (Å²) < 4.78 is 19.3. The molecule has 0 unspecified atom stereocenters. The summed E-state index contributed by atoms with van der Waals surface area (Å²) in [6.45, 7) is 0. The van der Waals surface area contributed by atoms with Crippen LogP contribution < -0.4 is 4.74 Å². The van der Waals surface area contributed by atoms with Crippen LogP contribution in [0.3, 0.4) is 0 Å². The number of ether oxygens (including phenoxy) is 1. The molecule has 15 heavy (non-hydrogen) atoms. The van der Waals surface area contributed by atoms with Crippen LogP contribution in [-0.4, -0.2) is 0 Å². The fourth-order valence-electron chi connectivity index (χ4n) is 1.17. The minimum Gasteiger partial charge on any atom is -0.457 e. The third-order valence-electron chi connectivity index (χ3n) is 1.85. The monoisotopic (exact) mass is 266 g/mol. The zero-order chi connectivity index (χ0) is 10.7. The van der Waals surface area contributed by atoms with E-state index in [1.807, 2.05) is 24.3 Å². The molecule has 0 saturated heterocycles. The first kappa shape index (κ1) is 10.2. The molecule has 0 fully saturated rings. The van der Waals surface area contributed by atoms with E-state index >= 15 is 0 Å². The van der Waals surface area contributed by atoms with Gasteiger partial charge < -0.3 is 4.74 Å². The van der Waals surface area contributed by atoms with Crippen molar-refractivity contribution in [1.29, 1.82) is 0 Å². The third kappa shape index (κ3) is 2.80. The maximum Gasteiger partial charge on any atom is 0.130 e. The van der Waals surface area contributed by atoms with Crippen molar-refractivity contribution in [3.8, 4) is 11.5 Å². The van der Waals surface area contributed by atoms with Crippen LogP contribution in [0.2, 0.25) is 0 Å². The molecule has 0 aromatic heterocycles. The summed E-state index contributed by atoms with van der Waals surface area (Å²) in [6, 6.07) is 13.4. The molecule has 0 heterocycles. The molecule has 2 rings (SSSR count). The predicted molar refractivity (Wildman–Crippen MR) is 60.6 cm³/mol. The molecular formula is C12H8BrFO. The van der Waals surface area contributed by atoms with E-state index in [2.05, 4.69) is 15.9 Å². The van der Waals surface area contributed by atoms with Gasteiger partial charge >= 0.3 is 0 Å². The van der Waals surface area contributed by atoms with Gasteiger partial charge in [0, 0.05) is 10.5 Å². The van der Waals surface area contributed by atoms with Crippen LogP contribution in [-0.2, 0) is 0 Å². The van der Waals surface area contributed by atoms with Crippen LogP contribution in [0.5, 0.6) is 11.5 Å². The number of hydrogen-bond acceptors (Lipinski definition) is 1. The van der Waals surface area contributed by atoms with Gasteiger partial charge in [-0.2, -0.15) is 0 Å². The van der Waals surface area contributed by atoms with Gasteiger partial charge in [0.25, 0.3) is 0 Å². The van der Waals surface area contributed by atoms with Gasteiger partial charge in [-0.05, 0) is 36.4 Å². The van der Waals surface area contributed by atoms with Gasteiger partial charge in [0.05, 0.1) is 0 Å². The smallest absolute Gasteiger partial charge is 0.130 e. The van der Waals surface area contributed by atoms with Gasteiger partial charge in [-0.15, -0.1) is 0 Å². The average Bonchev–Trinajstić information content (AvgIpc) is 2.22. The van der Waals surface area contributed by atoms with Gasteiger partial charge in [-0.25, -0.2) is 4.39 Å². The van der Waals surface area contributed by atoms with Crippen molar-refractivity contribution in [2.24, 2.45) is 0 Å². The topological polar surface area (TPSA) is 9.23 Å². The summed E-state index contributed by atoms with van der Waals surface area (Å²) in [7, 11) is 0. The lowest BCUT2D eigenvalue weighted by Crippen LogP contribution is -1.84. The van der Waals surface area contributed by atoms with Crippen LogP contribution in [0.25, 0.3) is 0 Å². The fourth-order valence-corrected chi connectivity index (χ4v) is 1.43. The lowest BCUT2D eigenvalue weighted by Gasteiger charge is -2.05. The zero-order valence-electron chi connectivity index (χ0n) is 7.78. The third-order valence-corrected chi connectivity index (χ3v) is 2.37. The van der Waals surface area contributed by atoms with Gasteiger partial charge in [-0.3, -0.25) is 0 Å². The van der Waals surface area contributed by atoms with E-state index < -0.39 is 0 Å². The Balaban J connectivity index is 2.18. The number of rotatable bonds is 2. The SMILES string of the molecule is Fc1cccc(Oc2ccc(Br)cc2)c1. The van der Waals surface area contributed by atoms with Crippen molar-refractivity contribution in [1.82, 2.24) is 0 Å². The second-order valence-corrected chi connectivity index (χ2v) is 3.93. The van der Waals surface area contributed by atoms with Crippen LogP contribution in [0.15, 0.2) is 53.0 Å². The molecule has 0 aliphatic heterocycles. The van der Waals surface area contributed by atoms with Gasteiger partial charge in [0.2, 0.25) is 0 Å². The molecule has 0 spiro atoms. The summed E-state index contributed by atoms with van der Waals surface area (Å²) >= 11 is 3.33. The molecule has 2 aromatic carbocycles. The van der Waals surface area contributed by atoms with Gasteiger partial charge in [0.1, 0.15) is 17.3 Å². The Kier molecular flexibility index (Phi) is 3.02. The molecule has 0 aliphatic carbocycles. The highest BCUT2D eigenvalue weighted by Gasteiger charge is 1.98. The van der Waals surface area contributed by atoms with Gasteiger partial charge in [0.15, 0.2) is 0 Å². The van der Waals surface area contributed by atoms with Crippen molar-refractivity contribution in [2.75, 3.05) is 0 Å². The Morgan fingerprint density at radius 3 is 2.33 bits per heavy atom. The highest BCUT2D eigenvalue weighted by Crippen LogP contribution is 2.23. The minimum atomic E-state index is -0.301. The van der Waals surface area contributed by atoms with Crippen LogP contribution >= 0.6 is 15.9 Å². The van der Waals surface area contributed by atoms with Crippen molar-refractivity contribution in [3.05, 3.63) is 58.8 Å². The largest absolute Gasteiger partial charge is 0.457 e. The quantitative estimate of drug-likeness (QED) is 0.784. The summed E-state index contributed by atoms with van der Waals surface area (Å²) in [5.74, 6) is 0.880. The number of halogens is 2. The maximum absolute atomic E-state index is 12.8. The highest BCUT2D eigenvalue weighted by atomic mass is 79.9. The molecule has 1 nitrogen and oxygen atoms in total. The minimum absolute atomic E-state index is 0.301. The van der Waals surface area contributed by atoms with E-state index in [1.54, 1.807) is 12.1 Å². The van der Waals surface area contributed by atoms with E-state index in [0.717, 1.165) is 4.47 Å². The van der Waals surface area contributed by atoms with Gasteiger partial charge in [-0.1, -0.05) is 22.0 Å². The van der Waals surface area contributed by atoms with Crippen molar-refractivity contribution < 1.29 is 9.13 Å². The first-order chi connectivity index (χ1) is 7.24. The van der Waals surface area contributed by atoms with E-state index in [9.17, 15) is 4.39 Å². The first-order valence-electron chi connectivity index (χ1n) is 4.43. The predicted octanol–water partition coefficient (Wildman–Crippen LogP) is 4.38. The molecule has 0 saturated carbocycles. The van der Waals surface area contributed by atoms with Crippen molar-refractivity contribution >= 4 is 15.9 Å². The van der Waals surface area contributed by atoms with Crippen LogP contribution in [0.4, 0.5) is 4.39 Å². The van der Waals surface area contributed by atoms with E-state index in [0.29, 0.717) is 11.5 Å². The summed E-state index contributed by atoms with van der Waals surface area (Å²) in [5, 5.41) is 0. The van der Waals surface area contributed by atoms with Crippen LogP contribution in [0, 0.1) is 5.82 Å². The summed E-state index contributed by atoms with van der Waals surface area (Å²) in [4.78, 5) is 0. The molecular weight excluding hydrogens is 259 g/mol. The second-order valence-electron chi connectivity index (χ2n) is 3.01. The lowest BCUT2D eigenvalue weighted by molar-refractivity contribution is 0.476. The first-order valence-corrected chi connectivity index (χ1v) is 5.22. The van der Waals surface area contributed by atoms with E-state index in [-0.39, 0.29) is 5.82 Å². The standard InChI is InChI=1S/C12H8BrFO/c13-9-4-6-11(7-5-9)15-12-3-1-2-10(14)8-12/h1-8H. The maximum atomic E-state index is 12.8. The number of benzene rings is 2. The summed E-state index contributed by atoms with van der Waals surface area (Å²) in [6.07, 6.45) is 0. The normalized spacial score (nSPS) is 10.0. The lowest BCUT2D eigenvalue weighted by atomic mass is 10.3. The zero-order valence-corrected chi connectivity index (χ0v) is 9.37. The Hall–Kier alpha value is -1.35. The number of hydrogen-bond donors (Lipinski definition) is 0. The molecule has 0 amide bonds. The van der Waals surface area contributed by atoms with E-state index in [4.69, 9.17) is 4.74 Å². The molecule has 0 aliphatic rings. The molecule has 0 N–H and O–H groups in total. The molecule has 0 bridgehead atoms. The molecule has 2 aromatic rings. The van der Waals surface area contributed by atoms with Crippen molar-refractivity contribution in [2.45, 2.75) is 0 Å². The Morgan fingerprint density at radius 2 is 1.67 bits per heavy atom. The second kappa shape index (κ2) is 4.45. The molecule has 0 radical (unpaired) electrons. The van der Waals surface area contributed by atoms with Crippen LogP contribution in [0.1, 0.15) is 0 Å². The Morgan fingerprint density at radius 1 is 0.933 bits per heavy atom. The molecule has 76 valence electrons. The molecule has 3 heteroatoms. The average molecular weight is 267 g/mol. The summed E-state index contributed by atoms with van der Waals surface area (Å²) in [5.41, 5.74) is 0. The Bertz CT molecular complexity index is 453. The van der Waals surface area contributed by atoms with E-state index in [1.165, 1.54) is 12.1 Å². The molecule has 0 atom stereocenters. The van der Waals surface area contributed by atoms with Crippen molar-refractivity contribution in [3.63, 3.8) is 0 Å². The fraction of sp³-hybridized carbons (Fsp3) is 0. The Labute approximate surface area is 95.6 Å².